The van der Waals surface area contributed by atoms with Crippen LogP contribution in [0.4, 0.5) is 11.6 Å². The van der Waals surface area contributed by atoms with E-state index in [4.69, 9.17) is 4.74 Å². The molecule has 120 valence electrons. The maximum atomic E-state index is 5.56. The first-order valence-electron chi connectivity index (χ1n) is 8.06. The van der Waals surface area contributed by atoms with Crippen LogP contribution >= 0.6 is 0 Å². The molecular weight excluding hydrogens is 264 g/mol. The summed E-state index contributed by atoms with van der Waals surface area (Å²) in [5, 5.41) is 6.76. The first kappa shape index (κ1) is 17.7. The highest BCUT2D eigenvalue weighted by atomic mass is 16.5. The summed E-state index contributed by atoms with van der Waals surface area (Å²) in [5.74, 6) is 3.13. The molecule has 0 aliphatic carbocycles. The van der Waals surface area contributed by atoms with E-state index in [0.717, 1.165) is 43.5 Å². The molecule has 0 fully saturated rings. The fourth-order valence-corrected chi connectivity index (χ4v) is 2.01. The zero-order chi connectivity index (χ0) is 15.7. The first-order chi connectivity index (χ1) is 10.1. The largest absolute Gasteiger partial charge is 0.380 e. The van der Waals surface area contributed by atoms with Crippen LogP contribution in [0.2, 0.25) is 0 Å². The Kier molecular flexibility index (Phi) is 8.05. The van der Waals surface area contributed by atoms with Crippen molar-refractivity contribution >= 4 is 11.6 Å². The number of aromatic nitrogens is 2. The van der Waals surface area contributed by atoms with E-state index in [1.54, 1.807) is 0 Å². The van der Waals surface area contributed by atoms with Gasteiger partial charge in [0.15, 0.2) is 0 Å². The molecule has 0 spiro atoms. The van der Waals surface area contributed by atoms with Crippen LogP contribution in [-0.2, 0) is 11.2 Å². The number of nitrogens with zero attached hydrogens (tertiary/aromatic N) is 2. The summed E-state index contributed by atoms with van der Waals surface area (Å²) in [5.41, 5.74) is 0. The molecule has 0 aliphatic heterocycles. The van der Waals surface area contributed by atoms with E-state index in [-0.39, 0.29) is 6.04 Å². The molecule has 0 aliphatic rings. The van der Waals surface area contributed by atoms with Crippen LogP contribution in [0.15, 0.2) is 6.07 Å². The van der Waals surface area contributed by atoms with Gasteiger partial charge in [0.05, 0.1) is 12.6 Å². The highest BCUT2D eigenvalue weighted by Gasteiger charge is 2.15. The second kappa shape index (κ2) is 9.55. The average molecular weight is 294 g/mol. The predicted molar refractivity (Wildman–Crippen MR) is 88.9 cm³/mol. The van der Waals surface area contributed by atoms with Crippen molar-refractivity contribution in [3.05, 3.63) is 11.9 Å². The summed E-state index contributed by atoms with van der Waals surface area (Å²) < 4.78 is 5.56. The summed E-state index contributed by atoms with van der Waals surface area (Å²) >= 11 is 0. The Labute approximate surface area is 128 Å². The van der Waals surface area contributed by atoms with Gasteiger partial charge in [-0.25, -0.2) is 9.97 Å². The van der Waals surface area contributed by atoms with Crippen LogP contribution < -0.4 is 10.6 Å². The molecule has 1 aromatic rings. The second-order valence-electron chi connectivity index (χ2n) is 5.49. The third-order valence-corrected chi connectivity index (χ3v) is 3.24. The second-order valence-corrected chi connectivity index (χ2v) is 5.49. The van der Waals surface area contributed by atoms with Gasteiger partial charge in [-0.1, -0.05) is 20.8 Å². The molecule has 2 N–H and O–H groups in total. The van der Waals surface area contributed by atoms with Gasteiger partial charge in [0.1, 0.15) is 17.5 Å². The van der Waals surface area contributed by atoms with Crippen molar-refractivity contribution in [3.63, 3.8) is 0 Å². The van der Waals surface area contributed by atoms with Gasteiger partial charge in [0, 0.05) is 25.6 Å². The number of hydrogen-bond donors (Lipinski definition) is 2. The molecule has 0 saturated heterocycles. The van der Waals surface area contributed by atoms with Crippen LogP contribution in [0.25, 0.3) is 0 Å². The van der Waals surface area contributed by atoms with Gasteiger partial charge in [0.25, 0.3) is 0 Å². The summed E-state index contributed by atoms with van der Waals surface area (Å²) in [6.07, 6.45) is 1.94. The Morgan fingerprint density at radius 3 is 2.43 bits per heavy atom. The molecule has 5 heteroatoms. The Balaban J connectivity index is 2.87. The predicted octanol–water partition coefficient (Wildman–Crippen LogP) is 3.33. The van der Waals surface area contributed by atoms with Crippen molar-refractivity contribution < 1.29 is 4.74 Å². The lowest BCUT2D eigenvalue weighted by atomic mass is 10.1. The topological polar surface area (TPSA) is 59.1 Å². The standard InChI is InChI=1S/C16H30N4O/c1-6-9-14-19-15(17-7-2)10-16(20-14)18-13(12(4)5)11-21-8-3/h10,12-13H,6-9,11H2,1-5H3,(H2,17,18,19,20). The third kappa shape index (κ3) is 6.29. The third-order valence-electron chi connectivity index (χ3n) is 3.24. The lowest BCUT2D eigenvalue weighted by molar-refractivity contribution is 0.126. The number of ether oxygens (including phenoxy) is 1. The monoisotopic (exact) mass is 294 g/mol. The van der Waals surface area contributed by atoms with Gasteiger partial charge in [-0.05, 0) is 26.2 Å². The van der Waals surface area contributed by atoms with Gasteiger partial charge in [-0.15, -0.1) is 0 Å². The summed E-state index contributed by atoms with van der Waals surface area (Å²) in [4.78, 5) is 9.15. The molecule has 0 radical (unpaired) electrons. The average Bonchev–Trinajstić information content (AvgIpc) is 2.43. The SMILES string of the molecule is CCCc1nc(NCC)cc(NC(COCC)C(C)C)n1. The molecule has 0 amide bonds. The Morgan fingerprint density at radius 1 is 1.14 bits per heavy atom. The molecule has 21 heavy (non-hydrogen) atoms. The quantitative estimate of drug-likeness (QED) is 0.693. The number of anilines is 2. The Morgan fingerprint density at radius 2 is 1.86 bits per heavy atom. The van der Waals surface area contributed by atoms with E-state index >= 15 is 0 Å². The fraction of sp³-hybridized carbons (Fsp3) is 0.750. The lowest BCUT2D eigenvalue weighted by Crippen LogP contribution is -2.31. The van der Waals surface area contributed by atoms with Crippen LogP contribution in [0.1, 0.15) is 46.9 Å². The summed E-state index contributed by atoms with van der Waals surface area (Å²) in [6, 6.07) is 2.23. The van der Waals surface area contributed by atoms with Gasteiger partial charge < -0.3 is 15.4 Å². The highest BCUT2D eigenvalue weighted by molar-refractivity contribution is 5.48. The van der Waals surface area contributed by atoms with Crippen molar-refractivity contribution in [1.29, 1.82) is 0 Å². The minimum absolute atomic E-state index is 0.254. The molecule has 1 aromatic heterocycles. The molecule has 1 atom stereocenters. The van der Waals surface area contributed by atoms with E-state index in [9.17, 15) is 0 Å². The Bertz CT molecular complexity index is 385. The molecular formula is C16H30N4O. The minimum Gasteiger partial charge on any atom is -0.380 e. The Hall–Kier alpha value is -1.36. The van der Waals surface area contributed by atoms with Gasteiger partial charge in [-0.3, -0.25) is 0 Å². The van der Waals surface area contributed by atoms with E-state index in [1.165, 1.54) is 0 Å². The molecule has 0 aromatic carbocycles. The fourth-order valence-electron chi connectivity index (χ4n) is 2.01. The maximum absolute atomic E-state index is 5.56. The molecule has 1 unspecified atom stereocenters. The van der Waals surface area contributed by atoms with Gasteiger partial charge in [-0.2, -0.15) is 0 Å². The normalized spacial score (nSPS) is 12.5. The van der Waals surface area contributed by atoms with Crippen LogP contribution in [0.3, 0.4) is 0 Å². The van der Waals surface area contributed by atoms with Crippen molar-refractivity contribution in [2.75, 3.05) is 30.4 Å². The van der Waals surface area contributed by atoms with Crippen molar-refractivity contribution in [3.8, 4) is 0 Å². The van der Waals surface area contributed by atoms with Crippen LogP contribution in [-0.4, -0.2) is 35.8 Å². The summed E-state index contributed by atoms with van der Waals surface area (Å²) in [7, 11) is 0. The number of nitrogens with one attached hydrogen (secondary N) is 2. The number of rotatable bonds is 10. The van der Waals surface area contributed by atoms with Crippen molar-refractivity contribution in [2.45, 2.75) is 53.5 Å². The molecule has 5 nitrogen and oxygen atoms in total. The van der Waals surface area contributed by atoms with E-state index in [0.29, 0.717) is 12.5 Å². The van der Waals surface area contributed by atoms with E-state index in [1.807, 2.05) is 13.0 Å². The smallest absolute Gasteiger partial charge is 0.133 e. The zero-order valence-electron chi connectivity index (χ0n) is 14.1. The van der Waals surface area contributed by atoms with Crippen LogP contribution in [0.5, 0.6) is 0 Å². The first-order valence-corrected chi connectivity index (χ1v) is 8.06. The molecule has 0 saturated carbocycles. The van der Waals surface area contributed by atoms with Crippen molar-refractivity contribution in [2.24, 2.45) is 5.92 Å². The van der Waals surface area contributed by atoms with Gasteiger partial charge >= 0.3 is 0 Å². The molecule has 1 heterocycles. The van der Waals surface area contributed by atoms with Crippen LogP contribution in [0, 0.1) is 5.92 Å². The van der Waals surface area contributed by atoms with Crippen molar-refractivity contribution in [1.82, 2.24) is 9.97 Å². The van der Waals surface area contributed by atoms with Gasteiger partial charge in [0.2, 0.25) is 0 Å². The van der Waals surface area contributed by atoms with E-state index in [2.05, 4.69) is 48.3 Å². The highest BCUT2D eigenvalue weighted by Crippen LogP contribution is 2.16. The minimum atomic E-state index is 0.254. The number of aryl methyl sites for hydroxylation is 1. The zero-order valence-corrected chi connectivity index (χ0v) is 14.1. The molecule has 0 bridgehead atoms. The summed E-state index contributed by atoms with van der Waals surface area (Å²) in [6.45, 7) is 12.9. The maximum Gasteiger partial charge on any atom is 0.133 e. The number of hydrogen-bond acceptors (Lipinski definition) is 5. The lowest BCUT2D eigenvalue weighted by Gasteiger charge is -2.23. The van der Waals surface area contributed by atoms with E-state index < -0.39 is 0 Å². The molecule has 1 rings (SSSR count).